The van der Waals surface area contributed by atoms with Gasteiger partial charge in [0, 0.05) is 25.8 Å². The van der Waals surface area contributed by atoms with Crippen LogP contribution >= 0.6 is 31.9 Å². The van der Waals surface area contributed by atoms with Gasteiger partial charge < -0.3 is 20.2 Å². The van der Waals surface area contributed by atoms with Gasteiger partial charge in [0.15, 0.2) is 0 Å². The zero-order chi connectivity index (χ0) is 21.3. The molecule has 4 rings (SSSR count). The number of nitrogens with zero attached hydrogens (tertiary/aromatic N) is 1. The second-order valence-corrected chi connectivity index (χ2v) is 7.64. The highest BCUT2D eigenvalue weighted by Gasteiger charge is 2.22. The highest BCUT2D eigenvalue weighted by Crippen LogP contribution is 2.31. The molecule has 0 bridgehead atoms. The summed E-state index contributed by atoms with van der Waals surface area (Å²) in [6.07, 6.45) is 0. The summed E-state index contributed by atoms with van der Waals surface area (Å²) in [5, 5.41) is 30.5. The van der Waals surface area contributed by atoms with Crippen molar-refractivity contribution >= 4 is 59.4 Å². The number of benzene rings is 2. The topological polar surface area (TPSA) is 149 Å². The van der Waals surface area contributed by atoms with E-state index in [-0.39, 0.29) is 31.5 Å². The summed E-state index contributed by atoms with van der Waals surface area (Å²) >= 11 is 6.46. The zero-order valence-electron chi connectivity index (χ0n) is 14.3. The molecule has 0 radical (unpaired) electrons. The van der Waals surface area contributed by atoms with E-state index in [1.807, 2.05) is 0 Å². The monoisotopic (exact) mass is 555 g/mol. The molecule has 4 aromatic rings. The summed E-state index contributed by atoms with van der Waals surface area (Å²) in [6.45, 7) is 0. The Hall–Kier alpha value is -3.18. The summed E-state index contributed by atoms with van der Waals surface area (Å²) < 4.78 is 1.51. The first-order chi connectivity index (χ1) is 13.7. The van der Waals surface area contributed by atoms with Crippen molar-refractivity contribution in [3.8, 4) is 11.5 Å². The Bertz CT molecular complexity index is 1380. The molecule has 31 heavy (non-hydrogen) atoms. The number of nitrogens with one attached hydrogen (secondary N) is 2. The van der Waals surface area contributed by atoms with Gasteiger partial charge in [-0.2, -0.15) is 0 Å². The van der Waals surface area contributed by atoms with Crippen LogP contribution in [0.1, 0.15) is 14.9 Å². The van der Waals surface area contributed by atoms with E-state index in [1.165, 1.54) is 6.07 Å². The number of aromatic nitrogens is 2. The van der Waals surface area contributed by atoms with E-state index in [2.05, 4.69) is 41.8 Å². The van der Waals surface area contributed by atoms with Gasteiger partial charge in [-0.15, -0.1) is 0 Å². The number of rotatable bonds is 1. The second-order valence-electron chi connectivity index (χ2n) is 5.81. The Morgan fingerprint density at radius 3 is 1.90 bits per heavy atom. The molecule has 4 N–H and O–H groups in total. The molecule has 0 saturated carbocycles. The quantitative estimate of drug-likeness (QED) is 0.187. The molecule has 2 aromatic carbocycles. The summed E-state index contributed by atoms with van der Waals surface area (Å²) in [4.78, 5) is 36.9. The highest BCUT2D eigenvalue weighted by atomic mass is 79.9. The molecule has 2 heterocycles. The van der Waals surface area contributed by atoms with Gasteiger partial charge >= 0.3 is 11.2 Å². The molecule has 0 unspecified atom stereocenters. The molecule has 0 amide bonds. The van der Waals surface area contributed by atoms with Gasteiger partial charge in [0.1, 0.15) is 5.75 Å². The Balaban J connectivity index is 0.000000296. The minimum absolute atomic E-state index is 0. The minimum atomic E-state index is -0.919. The van der Waals surface area contributed by atoms with Crippen molar-refractivity contribution in [1.29, 1.82) is 0 Å². The molecule has 0 aliphatic heterocycles. The molecule has 11 heteroatoms. The third-order valence-corrected chi connectivity index (χ3v) is 4.88. The van der Waals surface area contributed by atoms with Crippen LogP contribution in [0.25, 0.3) is 21.8 Å². The van der Waals surface area contributed by atoms with Crippen LogP contribution in [0.3, 0.4) is 0 Å². The Morgan fingerprint density at radius 2 is 1.35 bits per heavy atom. The number of fused-ring (bicyclic) bond motifs is 2. The Labute approximate surface area is 192 Å². The maximum atomic E-state index is 11.3. The van der Waals surface area contributed by atoms with Crippen LogP contribution in [-0.2, 0) is 0 Å². The number of hydrogen-bond acceptors (Lipinski definition) is 6. The molecule has 0 spiro atoms. The maximum absolute atomic E-state index is 11.3. The molecule has 0 aliphatic rings. The number of aromatic hydroxyl groups is 2. The van der Waals surface area contributed by atoms with E-state index < -0.39 is 21.9 Å². The largest absolute Gasteiger partial charge is 0.507 e. The van der Waals surface area contributed by atoms with E-state index in [4.69, 9.17) is 0 Å². The second kappa shape index (κ2) is 10.2. The van der Waals surface area contributed by atoms with Crippen LogP contribution in [0.4, 0.5) is 5.69 Å². The van der Waals surface area contributed by atoms with Gasteiger partial charge in [0.25, 0.3) is 5.56 Å². The summed E-state index contributed by atoms with van der Waals surface area (Å²) in [5.41, 5.74) is -1.08. The molecule has 0 fully saturated rings. The van der Waals surface area contributed by atoms with E-state index in [9.17, 15) is 29.9 Å². The molecular formula is C20H19Br2N3O6. The van der Waals surface area contributed by atoms with Crippen molar-refractivity contribution in [2.45, 2.75) is 14.9 Å². The van der Waals surface area contributed by atoms with Crippen LogP contribution in [0.15, 0.2) is 61.0 Å². The van der Waals surface area contributed by atoms with Crippen LogP contribution < -0.4 is 11.1 Å². The molecule has 0 aliphatic carbocycles. The van der Waals surface area contributed by atoms with Crippen LogP contribution in [0.5, 0.6) is 11.5 Å². The highest BCUT2D eigenvalue weighted by molar-refractivity contribution is 9.10. The van der Waals surface area contributed by atoms with Gasteiger partial charge in [-0.05, 0) is 36.4 Å². The lowest BCUT2D eigenvalue weighted by molar-refractivity contribution is -0.387. The SMILES string of the molecule is C.C.O=c1[nH]c2ccc(Br)cc2c(O)c1[N+](=O)[O-].O=c1cc(O)c2cc(Br)ccc2[nH]1. The van der Waals surface area contributed by atoms with E-state index in [0.717, 1.165) is 10.5 Å². The first kappa shape index (κ1) is 25.9. The molecule has 0 atom stereocenters. The number of pyridine rings is 2. The fourth-order valence-corrected chi connectivity index (χ4v) is 3.34. The number of hydrogen-bond donors (Lipinski definition) is 4. The smallest absolute Gasteiger partial charge is 0.375 e. The fourth-order valence-electron chi connectivity index (χ4n) is 2.62. The zero-order valence-corrected chi connectivity index (χ0v) is 17.4. The normalized spacial score (nSPS) is 9.87. The molecule has 164 valence electrons. The van der Waals surface area contributed by atoms with Gasteiger partial charge in [0.2, 0.25) is 5.75 Å². The maximum Gasteiger partial charge on any atom is 0.375 e. The van der Waals surface area contributed by atoms with Gasteiger partial charge in [0.05, 0.1) is 16.0 Å². The van der Waals surface area contributed by atoms with Crippen LogP contribution in [0.2, 0.25) is 0 Å². The van der Waals surface area contributed by atoms with Crippen molar-refractivity contribution in [2.24, 2.45) is 0 Å². The summed E-state index contributed by atoms with van der Waals surface area (Å²) in [7, 11) is 0. The predicted molar refractivity (Wildman–Crippen MR) is 128 cm³/mol. The molecular weight excluding hydrogens is 538 g/mol. The molecule has 9 nitrogen and oxygen atoms in total. The minimum Gasteiger partial charge on any atom is -0.507 e. The lowest BCUT2D eigenvalue weighted by atomic mass is 10.2. The lowest BCUT2D eigenvalue weighted by Gasteiger charge is -2.01. The number of halogens is 2. The van der Waals surface area contributed by atoms with E-state index >= 15 is 0 Å². The number of aromatic amines is 2. The van der Waals surface area contributed by atoms with Gasteiger partial charge in [-0.25, -0.2) is 0 Å². The number of H-pyrrole nitrogens is 2. The van der Waals surface area contributed by atoms with Gasteiger partial charge in [-0.1, -0.05) is 46.7 Å². The third kappa shape index (κ3) is 5.50. The van der Waals surface area contributed by atoms with Crippen LogP contribution in [-0.4, -0.2) is 25.1 Å². The average Bonchev–Trinajstić information content (AvgIpc) is 2.63. The Kier molecular flexibility index (Phi) is 8.53. The van der Waals surface area contributed by atoms with Crippen molar-refractivity contribution in [3.63, 3.8) is 0 Å². The average molecular weight is 557 g/mol. The van der Waals surface area contributed by atoms with Crippen LogP contribution in [0, 0.1) is 10.1 Å². The molecule has 2 aromatic heterocycles. The van der Waals surface area contributed by atoms with Crippen molar-refractivity contribution in [3.05, 3.63) is 82.2 Å². The van der Waals surface area contributed by atoms with Crippen molar-refractivity contribution < 1.29 is 15.1 Å². The predicted octanol–water partition coefficient (Wildman–Crippen LogP) is 5.17. The first-order valence-electron chi connectivity index (χ1n) is 7.88. The van der Waals surface area contributed by atoms with E-state index in [1.54, 1.807) is 30.3 Å². The van der Waals surface area contributed by atoms with Gasteiger partial charge in [-0.3, -0.25) is 19.7 Å². The van der Waals surface area contributed by atoms with E-state index in [0.29, 0.717) is 20.9 Å². The Morgan fingerprint density at radius 1 is 0.839 bits per heavy atom. The van der Waals surface area contributed by atoms with Crippen molar-refractivity contribution in [1.82, 2.24) is 9.97 Å². The number of nitro groups is 1. The summed E-state index contributed by atoms with van der Waals surface area (Å²) in [5.74, 6) is -0.620. The third-order valence-electron chi connectivity index (χ3n) is 3.89. The lowest BCUT2D eigenvalue weighted by Crippen LogP contribution is -2.11. The fraction of sp³-hybridized carbons (Fsp3) is 0.100. The summed E-state index contributed by atoms with van der Waals surface area (Å²) in [6, 6.07) is 11.1. The molecule has 0 saturated heterocycles. The van der Waals surface area contributed by atoms with Crippen molar-refractivity contribution in [2.75, 3.05) is 0 Å². The first-order valence-corrected chi connectivity index (χ1v) is 9.46. The standard InChI is InChI=1S/C9H5BrN2O4.C9H6BrNO2.2CH4/c10-4-1-2-6-5(3-4)8(13)7(12(15)16)9(14)11-6;10-5-1-2-7-6(3-5)8(12)4-9(13)11-7;;/h1-3H,(H2,11,13,14);1-4H,(H2,11,12,13);2*1H4.